The summed E-state index contributed by atoms with van der Waals surface area (Å²) in [7, 11) is 0. The summed E-state index contributed by atoms with van der Waals surface area (Å²) in [6.45, 7) is 14.1. The third-order valence-electron chi connectivity index (χ3n) is 9.24. The largest absolute Gasteiger partial charge is 2.00 e. The summed E-state index contributed by atoms with van der Waals surface area (Å²) in [5.74, 6) is -4.78. The Morgan fingerprint density at radius 2 is 0.527 bits per heavy atom. The normalized spacial score (nSPS) is 11.6. The molecule has 9 heteroatoms. The first-order valence-corrected chi connectivity index (χ1v) is 22.4. The Morgan fingerprint density at radius 1 is 0.382 bits per heavy atom. The summed E-state index contributed by atoms with van der Waals surface area (Å²) in [6, 6.07) is 0. The van der Waals surface area contributed by atoms with Crippen LogP contribution in [0.3, 0.4) is 0 Å². The monoisotopic (exact) mass is 819 g/mol. The molecule has 0 heterocycles. The van der Waals surface area contributed by atoms with Gasteiger partial charge in [-0.3, -0.25) is 9.59 Å². The number of aliphatic hydroxyl groups is 2. The fraction of sp³-hybridized carbons (Fsp3) is 0.913. The predicted octanol–water partition coefficient (Wildman–Crippen LogP) is 10.4. The Morgan fingerprint density at radius 3 is 0.655 bits per heavy atom. The van der Waals surface area contributed by atoms with Crippen LogP contribution in [0.4, 0.5) is 0 Å². The second-order valence-corrected chi connectivity index (χ2v) is 15.9. The molecule has 55 heavy (non-hydrogen) atoms. The zero-order valence-electron chi connectivity index (χ0n) is 37.4. The van der Waals surface area contributed by atoms with Gasteiger partial charge in [0.1, 0.15) is 11.6 Å². The van der Waals surface area contributed by atoms with Crippen molar-refractivity contribution in [1.82, 2.24) is 0 Å². The van der Waals surface area contributed by atoms with Crippen molar-refractivity contribution in [3.05, 3.63) is 0 Å². The number of aliphatic hydroxyl groups excluding tert-OH is 2. The minimum absolute atomic E-state index is 0. The van der Waals surface area contributed by atoms with Crippen LogP contribution in [-0.4, -0.2) is 45.9 Å². The minimum Gasteiger partial charge on any atom is -0.549 e. The molecule has 0 radical (unpaired) electrons. The molecule has 0 aromatic carbocycles. The van der Waals surface area contributed by atoms with Crippen LogP contribution in [0.1, 0.15) is 248 Å². The molecule has 0 aliphatic carbocycles. The molecule has 2 atom stereocenters. The van der Waals surface area contributed by atoms with Crippen molar-refractivity contribution < 1.29 is 61.3 Å². The number of aliphatic carboxylic acids is 2. The summed E-state index contributed by atoms with van der Waals surface area (Å²) in [4.78, 5) is 43.8. The molecule has 326 valence electrons. The van der Waals surface area contributed by atoms with Gasteiger partial charge in [-0.15, -0.1) is 0 Å². The van der Waals surface area contributed by atoms with Gasteiger partial charge in [-0.25, -0.2) is 0 Å². The van der Waals surface area contributed by atoms with Crippen molar-refractivity contribution in [2.45, 2.75) is 260 Å². The van der Waals surface area contributed by atoms with Gasteiger partial charge in [0, 0.05) is 12.2 Å². The van der Waals surface area contributed by atoms with Crippen LogP contribution in [0.15, 0.2) is 0 Å². The second-order valence-electron chi connectivity index (χ2n) is 15.9. The van der Waals surface area contributed by atoms with Crippen LogP contribution in [0.25, 0.3) is 0 Å². The van der Waals surface area contributed by atoms with E-state index in [4.69, 9.17) is 10.2 Å². The molecule has 8 nitrogen and oxygen atoms in total. The SMILES string of the molecule is CC(C)O.CC(C)O.CCCCCCCCCCCCCCCCC(C(C)=O)C(=O)[O-].CCCCCCCCCCCCCCCCC(C(C)=O)C(=O)[O-].[Ti+2]. The number of unbranched alkanes of at least 4 members (excludes halogenated alkanes) is 26. The molecule has 2 unspecified atom stereocenters. The van der Waals surface area contributed by atoms with Crippen molar-refractivity contribution in [1.29, 1.82) is 0 Å². The van der Waals surface area contributed by atoms with Crippen molar-refractivity contribution in [3.8, 4) is 0 Å². The van der Waals surface area contributed by atoms with E-state index in [-0.39, 0.29) is 45.5 Å². The number of carbonyl (C=O) groups is 4. The van der Waals surface area contributed by atoms with E-state index in [9.17, 15) is 29.4 Å². The zero-order chi connectivity index (χ0) is 41.8. The third-order valence-corrected chi connectivity index (χ3v) is 9.24. The number of carboxylic acids is 2. The Hall–Kier alpha value is -1.09. The number of hydrogen-bond acceptors (Lipinski definition) is 8. The Bertz CT molecular complexity index is 718. The molecule has 0 spiro atoms. The van der Waals surface area contributed by atoms with E-state index in [1.165, 1.54) is 155 Å². The maximum absolute atomic E-state index is 11.1. The Kier molecular flexibility index (Phi) is 58.4. The standard InChI is InChI=1S/2C20H38O3.2C3H8O.Ti/c2*1-3-4-5-6-7-8-9-10-11-12-13-14-15-16-17-19(18(2)21)20(22)23;2*1-3(2)4;/h2*19H,3-17H2,1-2H3,(H,22,23);2*3-4H,1-2H3;/q;;;;+2/p-2. The number of ketones is 2. The van der Waals surface area contributed by atoms with Crippen LogP contribution in [0, 0.1) is 11.8 Å². The number of hydrogen-bond donors (Lipinski definition) is 2. The van der Waals surface area contributed by atoms with E-state index >= 15 is 0 Å². The summed E-state index contributed by atoms with van der Waals surface area (Å²) in [6.07, 6.45) is 36.2. The first-order valence-electron chi connectivity index (χ1n) is 22.4. The van der Waals surface area contributed by atoms with Crippen LogP contribution in [-0.2, 0) is 40.9 Å². The number of Topliss-reactive ketones (excluding diaryl/α,β-unsaturated/α-hetero) is 2. The molecule has 0 fully saturated rings. The fourth-order valence-electron chi connectivity index (χ4n) is 6.06. The number of rotatable bonds is 34. The minimum atomic E-state index is -1.22. The Labute approximate surface area is 355 Å². The van der Waals surface area contributed by atoms with E-state index in [2.05, 4.69) is 13.8 Å². The van der Waals surface area contributed by atoms with Gasteiger partial charge in [0.2, 0.25) is 0 Å². The molecule has 0 aromatic heterocycles. The quantitative estimate of drug-likeness (QED) is 0.0369. The van der Waals surface area contributed by atoms with Gasteiger partial charge >= 0.3 is 21.7 Å². The van der Waals surface area contributed by atoms with E-state index in [1.54, 1.807) is 27.7 Å². The maximum atomic E-state index is 11.1. The predicted molar refractivity (Wildman–Crippen MR) is 223 cm³/mol. The molecule has 2 N–H and O–H groups in total. The molecule has 0 aliphatic heterocycles. The zero-order valence-corrected chi connectivity index (χ0v) is 38.9. The summed E-state index contributed by atoms with van der Waals surface area (Å²) < 4.78 is 0. The molecular formula is C46H90O8Ti. The van der Waals surface area contributed by atoms with Gasteiger partial charge in [0.15, 0.2) is 0 Å². The van der Waals surface area contributed by atoms with Crippen LogP contribution < -0.4 is 10.2 Å². The van der Waals surface area contributed by atoms with Crippen LogP contribution in [0.2, 0.25) is 0 Å². The topological polar surface area (TPSA) is 155 Å². The second kappa shape index (κ2) is 50.9. The van der Waals surface area contributed by atoms with E-state index in [0.29, 0.717) is 12.8 Å². The molecular weight excluding hydrogens is 728 g/mol. The number of carbonyl (C=O) groups excluding carboxylic acids is 4. The smallest absolute Gasteiger partial charge is 0.549 e. The van der Waals surface area contributed by atoms with Crippen molar-refractivity contribution in [3.63, 3.8) is 0 Å². The molecule has 0 saturated carbocycles. The Balaban J connectivity index is -0.000000249. The van der Waals surface area contributed by atoms with Crippen molar-refractivity contribution in [2.75, 3.05) is 0 Å². The molecule has 0 aromatic rings. The summed E-state index contributed by atoms with van der Waals surface area (Å²) in [5, 5.41) is 37.7. The van der Waals surface area contributed by atoms with Crippen LogP contribution >= 0.6 is 0 Å². The van der Waals surface area contributed by atoms with E-state index in [1.807, 2.05) is 0 Å². The molecule has 0 bridgehead atoms. The van der Waals surface area contributed by atoms with E-state index in [0.717, 1.165) is 38.5 Å². The first kappa shape index (κ1) is 63.1. The average Bonchev–Trinajstić information content (AvgIpc) is 3.07. The first-order chi connectivity index (χ1) is 25.6. The summed E-state index contributed by atoms with van der Waals surface area (Å²) in [5.41, 5.74) is 0. The average molecular weight is 819 g/mol. The van der Waals surface area contributed by atoms with Crippen LogP contribution in [0.5, 0.6) is 0 Å². The van der Waals surface area contributed by atoms with Gasteiger partial charge in [-0.2, -0.15) is 0 Å². The summed E-state index contributed by atoms with van der Waals surface area (Å²) >= 11 is 0. The van der Waals surface area contributed by atoms with Gasteiger partial charge in [0.25, 0.3) is 0 Å². The molecule has 0 amide bonds. The molecule has 0 saturated heterocycles. The van der Waals surface area contributed by atoms with Gasteiger partial charge in [0.05, 0.1) is 23.8 Å². The third kappa shape index (κ3) is 62.3. The molecule has 0 aliphatic rings. The fourth-order valence-corrected chi connectivity index (χ4v) is 6.06. The van der Waals surface area contributed by atoms with Gasteiger partial charge < -0.3 is 30.0 Å². The maximum Gasteiger partial charge on any atom is 2.00 e. The molecule has 0 rings (SSSR count). The van der Waals surface area contributed by atoms with Crippen molar-refractivity contribution >= 4 is 23.5 Å². The van der Waals surface area contributed by atoms with Crippen molar-refractivity contribution in [2.24, 2.45) is 11.8 Å². The van der Waals surface area contributed by atoms with E-state index < -0.39 is 23.8 Å². The van der Waals surface area contributed by atoms with Gasteiger partial charge in [-0.05, 0) is 54.4 Å². The van der Waals surface area contributed by atoms with Gasteiger partial charge in [-0.1, -0.05) is 194 Å². The number of carboxylic acid groups (broad SMARTS) is 2.